The maximum absolute atomic E-state index is 14.2. The Morgan fingerprint density at radius 2 is 1.71 bits per heavy atom. The molecule has 11 nitrogen and oxygen atoms in total. The Labute approximate surface area is 308 Å². The van der Waals surface area contributed by atoms with Crippen LogP contribution in [0.15, 0.2) is 30.1 Å². The molecule has 7 rings (SSSR count). The van der Waals surface area contributed by atoms with Gasteiger partial charge in [-0.2, -0.15) is 5.10 Å². The Kier molecular flexibility index (Phi) is 9.41. The molecule has 6 aliphatic rings. The van der Waals surface area contributed by atoms with Crippen LogP contribution in [0.3, 0.4) is 0 Å². The minimum atomic E-state index is -1.63. The first-order valence-corrected chi connectivity index (χ1v) is 19.7. The van der Waals surface area contributed by atoms with Gasteiger partial charge in [0, 0.05) is 12.4 Å². The molecule has 1 saturated heterocycles. The third kappa shape index (κ3) is 5.48. The smallest absolute Gasteiger partial charge is 0.314 e. The molecule has 0 radical (unpaired) electrons. The summed E-state index contributed by atoms with van der Waals surface area (Å²) in [5, 5.41) is 48.0. The van der Waals surface area contributed by atoms with Crippen LogP contribution in [0.2, 0.25) is 0 Å². The largest absolute Gasteiger partial charge is 0.442 e. The van der Waals surface area contributed by atoms with E-state index < -0.39 is 42.2 Å². The highest BCUT2D eigenvalue weighted by molar-refractivity contribution is 5.78. The zero-order valence-electron chi connectivity index (χ0n) is 32.2. The zero-order valence-corrected chi connectivity index (χ0v) is 32.2. The molecule has 14 atom stereocenters. The van der Waals surface area contributed by atoms with Crippen molar-refractivity contribution in [3.63, 3.8) is 0 Å². The van der Waals surface area contributed by atoms with Crippen LogP contribution < -0.4 is 0 Å². The van der Waals surface area contributed by atoms with Crippen LogP contribution in [0, 0.1) is 56.2 Å². The molecule has 52 heavy (non-hydrogen) atoms. The van der Waals surface area contributed by atoms with Crippen molar-refractivity contribution >= 4 is 12.4 Å². The second-order valence-corrected chi connectivity index (χ2v) is 19.6. The van der Waals surface area contributed by atoms with Crippen molar-refractivity contribution in [2.75, 3.05) is 0 Å². The Bertz CT molecular complexity index is 1540. The van der Waals surface area contributed by atoms with E-state index in [1.165, 1.54) is 5.57 Å². The molecule has 4 saturated carbocycles. The van der Waals surface area contributed by atoms with E-state index in [-0.39, 0.29) is 64.0 Å². The summed E-state index contributed by atoms with van der Waals surface area (Å²) in [6.07, 6.45) is 6.58. The molecule has 5 unspecified atom stereocenters. The maximum Gasteiger partial charge on any atom is 0.314 e. The van der Waals surface area contributed by atoms with Gasteiger partial charge in [0.1, 0.15) is 24.4 Å². The molecule has 11 heteroatoms. The van der Waals surface area contributed by atoms with Crippen LogP contribution in [0.25, 0.3) is 0 Å². The van der Waals surface area contributed by atoms with Gasteiger partial charge in [0.15, 0.2) is 6.73 Å². The SMILES string of the molecule is CC1(C)CC[C@]2(C(=O)OCn3cccn3)CC[C@]3(C)C(=CCC4[C@@]5(C)CC[C@H]([C@H](O)[C@@H]6OC(OC=O)[C@@H](O)[C@H](O)C6O)C(C)(C)C5CC[C@]43C)C2C1. The molecule has 0 amide bonds. The number of fused-ring (bicyclic) bond motifs is 7. The van der Waals surface area contributed by atoms with E-state index in [9.17, 15) is 30.0 Å². The number of nitrogens with zero attached hydrogens (tertiary/aromatic N) is 2. The quantitative estimate of drug-likeness (QED) is 0.168. The lowest BCUT2D eigenvalue weighted by Gasteiger charge is -2.71. The van der Waals surface area contributed by atoms with Gasteiger partial charge in [0.05, 0.1) is 11.5 Å². The standard InChI is InChI=1S/C41H62N2O9/c1-36(2)15-17-41(35(49)50-22-43-20-8-19-42-43)18-16-39(6)24(26(41)21-36)9-10-28-38(5)13-11-25(37(3,4)27(38)12-14-40(28,39)7)29(45)33-31(47)30(46)32(48)34(52-33)51-23-44/h8-9,19-20,23,25-34,45-48H,10-18,21-22H2,1-7H3/t25-,26?,27?,28?,29+,30-,31?,32+,33+,34?,38+,39-,40-,41+/m1/s1. The molecular weight excluding hydrogens is 664 g/mol. The summed E-state index contributed by atoms with van der Waals surface area (Å²) >= 11 is 0. The number of ether oxygens (including phenoxy) is 3. The van der Waals surface area contributed by atoms with Crippen molar-refractivity contribution in [1.29, 1.82) is 0 Å². The predicted octanol–water partition coefficient (Wildman–Crippen LogP) is 5.14. The van der Waals surface area contributed by atoms with Crippen molar-refractivity contribution < 1.29 is 44.2 Å². The molecule has 1 aliphatic heterocycles. The molecular formula is C41H62N2O9. The number of allylic oxidation sites excluding steroid dienone is 2. The minimum Gasteiger partial charge on any atom is -0.442 e. The lowest BCUT2D eigenvalue weighted by atomic mass is 9.33. The van der Waals surface area contributed by atoms with Gasteiger partial charge in [0.2, 0.25) is 6.29 Å². The number of esters is 1. The number of aromatic nitrogens is 2. The van der Waals surface area contributed by atoms with Crippen LogP contribution in [0.1, 0.15) is 113 Å². The lowest BCUT2D eigenvalue weighted by molar-refractivity contribution is -0.308. The summed E-state index contributed by atoms with van der Waals surface area (Å²) in [6, 6.07) is 1.84. The minimum absolute atomic E-state index is 0.0128. The van der Waals surface area contributed by atoms with E-state index in [2.05, 4.69) is 59.6 Å². The van der Waals surface area contributed by atoms with Crippen LogP contribution >= 0.6 is 0 Å². The summed E-state index contributed by atoms with van der Waals surface area (Å²) in [7, 11) is 0. The van der Waals surface area contributed by atoms with Crippen LogP contribution in [-0.2, 0) is 30.5 Å². The third-order valence-corrected chi connectivity index (χ3v) is 16.6. The molecule has 0 bridgehead atoms. The number of aliphatic hydroxyl groups is 4. The lowest BCUT2D eigenvalue weighted by Crippen LogP contribution is -2.67. The Hall–Kier alpha value is -2.31. The van der Waals surface area contributed by atoms with Crippen molar-refractivity contribution in [1.82, 2.24) is 9.78 Å². The molecule has 290 valence electrons. The van der Waals surface area contributed by atoms with Gasteiger partial charge in [-0.15, -0.1) is 0 Å². The fourth-order valence-electron chi connectivity index (χ4n) is 13.5. The van der Waals surface area contributed by atoms with Gasteiger partial charge in [-0.25, -0.2) is 4.68 Å². The van der Waals surface area contributed by atoms with E-state index >= 15 is 0 Å². The number of carbonyl (C=O) groups is 2. The Morgan fingerprint density at radius 3 is 2.40 bits per heavy atom. The fraction of sp³-hybridized carbons (Fsp3) is 0.829. The molecule has 5 fully saturated rings. The summed E-state index contributed by atoms with van der Waals surface area (Å²) in [5.74, 6) is 0.475. The summed E-state index contributed by atoms with van der Waals surface area (Å²) < 4.78 is 18.4. The van der Waals surface area contributed by atoms with Gasteiger partial charge in [-0.3, -0.25) is 9.59 Å². The van der Waals surface area contributed by atoms with E-state index in [0.29, 0.717) is 12.3 Å². The highest BCUT2D eigenvalue weighted by Crippen LogP contribution is 2.76. The Balaban J connectivity index is 1.17. The summed E-state index contributed by atoms with van der Waals surface area (Å²) in [4.78, 5) is 25.3. The monoisotopic (exact) mass is 726 g/mol. The average Bonchev–Trinajstić information content (AvgIpc) is 3.61. The first-order valence-electron chi connectivity index (χ1n) is 19.7. The highest BCUT2D eigenvalue weighted by atomic mass is 16.7. The van der Waals surface area contributed by atoms with Gasteiger partial charge in [0.25, 0.3) is 6.47 Å². The first-order chi connectivity index (χ1) is 24.4. The second kappa shape index (κ2) is 12.9. The van der Waals surface area contributed by atoms with E-state index in [0.717, 1.165) is 57.8 Å². The van der Waals surface area contributed by atoms with E-state index in [4.69, 9.17) is 14.2 Å². The third-order valence-electron chi connectivity index (χ3n) is 16.6. The molecule has 1 aromatic heterocycles. The Morgan fingerprint density at radius 1 is 0.981 bits per heavy atom. The van der Waals surface area contributed by atoms with Crippen LogP contribution in [0.4, 0.5) is 0 Å². The van der Waals surface area contributed by atoms with E-state index in [1.54, 1.807) is 10.9 Å². The van der Waals surface area contributed by atoms with Crippen molar-refractivity contribution in [2.24, 2.45) is 56.2 Å². The van der Waals surface area contributed by atoms with Crippen molar-refractivity contribution in [2.45, 2.75) is 156 Å². The first kappa shape index (κ1) is 38.0. The predicted molar refractivity (Wildman–Crippen MR) is 191 cm³/mol. The maximum atomic E-state index is 14.2. The number of carbonyl (C=O) groups excluding carboxylic acids is 2. The molecule has 0 spiro atoms. The number of aliphatic hydroxyl groups excluding tert-OH is 4. The molecule has 1 aromatic rings. The normalized spacial score (nSPS) is 47.0. The van der Waals surface area contributed by atoms with Gasteiger partial charge < -0.3 is 34.6 Å². The van der Waals surface area contributed by atoms with E-state index in [1.807, 2.05) is 12.3 Å². The van der Waals surface area contributed by atoms with Crippen molar-refractivity contribution in [3.05, 3.63) is 30.1 Å². The van der Waals surface area contributed by atoms with Gasteiger partial charge in [-0.05, 0) is 121 Å². The number of hydrogen-bond acceptors (Lipinski definition) is 10. The molecule has 0 aromatic carbocycles. The summed E-state index contributed by atoms with van der Waals surface area (Å²) in [6.45, 7) is 16.9. The molecule has 5 aliphatic carbocycles. The second-order valence-electron chi connectivity index (χ2n) is 19.6. The topological polar surface area (TPSA) is 161 Å². The zero-order chi connectivity index (χ0) is 37.6. The number of rotatable bonds is 7. The fourth-order valence-corrected chi connectivity index (χ4v) is 13.5. The average molecular weight is 727 g/mol. The highest BCUT2D eigenvalue weighted by Gasteiger charge is 2.70. The van der Waals surface area contributed by atoms with Gasteiger partial charge >= 0.3 is 5.97 Å². The van der Waals surface area contributed by atoms with Crippen LogP contribution in [-0.4, -0.2) is 79.5 Å². The van der Waals surface area contributed by atoms with Crippen molar-refractivity contribution in [3.8, 4) is 0 Å². The van der Waals surface area contributed by atoms with Crippen LogP contribution in [0.5, 0.6) is 0 Å². The summed E-state index contributed by atoms with van der Waals surface area (Å²) in [5.41, 5.74) is 0.645. The molecule has 4 N–H and O–H groups in total. The number of hydrogen-bond donors (Lipinski definition) is 4. The molecule has 2 heterocycles. The van der Waals surface area contributed by atoms with Gasteiger partial charge in [-0.1, -0.05) is 60.1 Å².